The molecule has 0 amide bonds. The van der Waals surface area contributed by atoms with Crippen LogP contribution in [0.3, 0.4) is 0 Å². The summed E-state index contributed by atoms with van der Waals surface area (Å²) in [6.45, 7) is 4.74. The highest BCUT2D eigenvalue weighted by Gasteiger charge is 2.10. The van der Waals surface area contributed by atoms with Crippen LogP contribution in [-0.2, 0) is 6.54 Å². The molecule has 0 atom stereocenters. The first-order chi connectivity index (χ1) is 9.97. The zero-order valence-electron chi connectivity index (χ0n) is 11.8. The maximum absolute atomic E-state index is 13.3. The van der Waals surface area contributed by atoms with Gasteiger partial charge in [0, 0.05) is 27.4 Å². The van der Waals surface area contributed by atoms with Crippen LogP contribution in [0.5, 0.6) is 0 Å². The van der Waals surface area contributed by atoms with Gasteiger partial charge in [-0.05, 0) is 35.9 Å². The Balaban J connectivity index is 2.26. The van der Waals surface area contributed by atoms with Gasteiger partial charge >= 0.3 is 0 Å². The molecule has 1 nitrogen and oxygen atoms in total. The fourth-order valence-electron chi connectivity index (χ4n) is 1.78. The Morgan fingerprint density at radius 3 is 2.57 bits per heavy atom. The van der Waals surface area contributed by atoms with Gasteiger partial charge < -0.3 is 5.32 Å². The summed E-state index contributed by atoms with van der Waals surface area (Å²) in [5, 5.41) is 3.98. The third kappa shape index (κ3) is 4.43. The summed E-state index contributed by atoms with van der Waals surface area (Å²) < 4.78 is 26.3. The van der Waals surface area contributed by atoms with Crippen molar-refractivity contribution in [2.24, 2.45) is 0 Å². The van der Waals surface area contributed by atoms with E-state index in [0.717, 1.165) is 16.5 Å². The second-order valence-corrected chi connectivity index (χ2v) is 6.45. The van der Waals surface area contributed by atoms with E-state index in [9.17, 15) is 8.78 Å². The standard InChI is InChI=1S/C16H16ClF2NS/c1-10(2)20-9-12-13(17)4-3-5-16(12)21-11-6-7-14(18)15(19)8-11/h3-8,10,20H,9H2,1-2H3. The van der Waals surface area contributed by atoms with E-state index in [4.69, 9.17) is 11.6 Å². The van der Waals surface area contributed by atoms with E-state index in [1.165, 1.54) is 17.8 Å². The van der Waals surface area contributed by atoms with Gasteiger partial charge in [0.1, 0.15) is 0 Å². The Bertz CT molecular complexity index is 632. The van der Waals surface area contributed by atoms with Crippen molar-refractivity contribution >= 4 is 23.4 Å². The molecule has 21 heavy (non-hydrogen) atoms. The molecule has 0 aliphatic heterocycles. The fraction of sp³-hybridized carbons (Fsp3) is 0.250. The first kappa shape index (κ1) is 16.3. The number of halogens is 3. The number of nitrogens with one attached hydrogen (secondary N) is 1. The zero-order chi connectivity index (χ0) is 15.4. The van der Waals surface area contributed by atoms with E-state index in [0.29, 0.717) is 22.5 Å². The van der Waals surface area contributed by atoms with Gasteiger partial charge in [-0.3, -0.25) is 0 Å². The van der Waals surface area contributed by atoms with Crippen molar-refractivity contribution in [1.82, 2.24) is 5.32 Å². The summed E-state index contributed by atoms with van der Waals surface area (Å²) in [6, 6.07) is 9.83. The summed E-state index contributed by atoms with van der Waals surface area (Å²) in [4.78, 5) is 1.57. The molecule has 2 aromatic carbocycles. The average Bonchev–Trinajstić information content (AvgIpc) is 2.42. The Hall–Kier alpha value is -1.10. The first-order valence-corrected chi connectivity index (χ1v) is 7.80. The van der Waals surface area contributed by atoms with Crippen LogP contribution in [0.15, 0.2) is 46.2 Å². The monoisotopic (exact) mass is 327 g/mol. The Labute approximate surface area is 132 Å². The smallest absolute Gasteiger partial charge is 0.159 e. The van der Waals surface area contributed by atoms with E-state index in [-0.39, 0.29) is 0 Å². The zero-order valence-corrected chi connectivity index (χ0v) is 13.4. The van der Waals surface area contributed by atoms with Crippen LogP contribution >= 0.6 is 23.4 Å². The molecule has 0 radical (unpaired) electrons. The van der Waals surface area contributed by atoms with Crippen LogP contribution in [0, 0.1) is 11.6 Å². The molecule has 0 saturated heterocycles. The lowest BCUT2D eigenvalue weighted by Gasteiger charge is -2.14. The predicted octanol–water partition coefficient (Wildman–Crippen LogP) is 5.27. The van der Waals surface area contributed by atoms with Gasteiger partial charge in [0.25, 0.3) is 0 Å². The van der Waals surface area contributed by atoms with E-state index >= 15 is 0 Å². The maximum atomic E-state index is 13.3. The summed E-state index contributed by atoms with van der Waals surface area (Å²) in [5.74, 6) is -1.68. The van der Waals surface area contributed by atoms with Crippen LogP contribution in [0.1, 0.15) is 19.4 Å². The van der Waals surface area contributed by atoms with Crippen LogP contribution in [-0.4, -0.2) is 6.04 Å². The molecular weight excluding hydrogens is 312 g/mol. The molecule has 1 N–H and O–H groups in total. The third-order valence-corrected chi connectivity index (χ3v) is 4.33. The molecule has 0 aliphatic carbocycles. The van der Waals surface area contributed by atoms with Gasteiger partial charge in [0.05, 0.1) is 0 Å². The van der Waals surface area contributed by atoms with Crippen molar-refractivity contribution in [3.63, 3.8) is 0 Å². The highest BCUT2D eigenvalue weighted by Crippen LogP contribution is 2.34. The van der Waals surface area contributed by atoms with E-state index in [2.05, 4.69) is 19.2 Å². The quantitative estimate of drug-likeness (QED) is 0.803. The molecule has 2 rings (SSSR count). The van der Waals surface area contributed by atoms with Crippen molar-refractivity contribution in [2.75, 3.05) is 0 Å². The van der Waals surface area contributed by atoms with Crippen LogP contribution in [0.4, 0.5) is 8.78 Å². The lowest BCUT2D eigenvalue weighted by Crippen LogP contribution is -2.22. The third-order valence-electron chi connectivity index (χ3n) is 2.88. The minimum Gasteiger partial charge on any atom is -0.310 e. The van der Waals surface area contributed by atoms with Gasteiger partial charge in [-0.15, -0.1) is 0 Å². The van der Waals surface area contributed by atoms with Crippen LogP contribution in [0.2, 0.25) is 5.02 Å². The minimum absolute atomic E-state index is 0.336. The second kappa shape index (κ2) is 7.25. The Kier molecular flexibility index (Phi) is 5.62. The molecule has 0 saturated carbocycles. The van der Waals surface area contributed by atoms with E-state index in [1.54, 1.807) is 6.07 Å². The minimum atomic E-state index is -0.844. The van der Waals surface area contributed by atoms with E-state index < -0.39 is 11.6 Å². The molecule has 112 valence electrons. The first-order valence-electron chi connectivity index (χ1n) is 6.61. The van der Waals surface area contributed by atoms with Gasteiger partial charge in [0.15, 0.2) is 11.6 Å². The molecule has 0 bridgehead atoms. The molecule has 0 fully saturated rings. The molecule has 5 heteroatoms. The van der Waals surface area contributed by atoms with Gasteiger partial charge in [-0.1, -0.05) is 43.3 Å². The second-order valence-electron chi connectivity index (χ2n) is 4.93. The van der Waals surface area contributed by atoms with Crippen molar-refractivity contribution < 1.29 is 8.78 Å². The molecule has 0 spiro atoms. The normalized spacial score (nSPS) is 11.1. The van der Waals surface area contributed by atoms with Crippen LogP contribution in [0.25, 0.3) is 0 Å². The number of rotatable bonds is 5. The highest BCUT2D eigenvalue weighted by atomic mass is 35.5. The van der Waals surface area contributed by atoms with Gasteiger partial charge in [-0.2, -0.15) is 0 Å². The molecule has 2 aromatic rings. The van der Waals surface area contributed by atoms with E-state index in [1.807, 2.05) is 18.2 Å². The molecular formula is C16H16ClF2NS. The number of benzene rings is 2. The molecule has 0 heterocycles. The average molecular weight is 328 g/mol. The Morgan fingerprint density at radius 2 is 1.90 bits per heavy atom. The number of hydrogen-bond donors (Lipinski definition) is 1. The lowest BCUT2D eigenvalue weighted by molar-refractivity contribution is 0.506. The SMILES string of the molecule is CC(C)NCc1c(Cl)cccc1Sc1ccc(F)c(F)c1. The van der Waals surface area contributed by atoms with Crippen LogP contribution < -0.4 is 5.32 Å². The summed E-state index contributed by atoms with van der Waals surface area (Å²) in [7, 11) is 0. The van der Waals surface area contributed by atoms with Crippen molar-refractivity contribution in [3.05, 3.63) is 58.6 Å². The predicted molar refractivity (Wildman–Crippen MR) is 83.9 cm³/mol. The molecule has 0 unspecified atom stereocenters. The largest absolute Gasteiger partial charge is 0.310 e. The Morgan fingerprint density at radius 1 is 1.14 bits per heavy atom. The highest BCUT2D eigenvalue weighted by molar-refractivity contribution is 7.99. The van der Waals surface area contributed by atoms with Crippen molar-refractivity contribution in [2.45, 2.75) is 36.2 Å². The van der Waals surface area contributed by atoms with Crippen molar-refractivity contribution in [1.29, 1.82) is 0 Å². The van der Waals surface area contributed by atoms with Crippen molar-refractivity contribution in [3.8, 4) is 0 Å². The fourth-order valence-corrected chi connectivity index (χ4v) is 3.08. The topological polar surface area (TPSA) is 12.0 Å². The summed E-state index contributed by atoms with van der Waals surface area (Å²) in [6.07, 6.45) is 0. The molecule has 0 aliphatic rings. The van der Waals surface area contributed by atoms with Gasteiger partial charge in [-0.25, -0.2) is 8.78 Å². The summed E-state index contributed by atoms with van der Waals surface area (Å²) >= 11 is 7.62. The lowest BCUT2D eigenvalue weighted by atomic mass is 10.2. The molecule has 0 aromatic heterocycles. The van der Waals surface area contributed by atoms with Gasteiger partial charge in [0.2, 0.25) is 0 Å². The summed E-state index contributed by atoms with van der Waals surface area (Å²) in [5.41, 5.74) is 0.961. The number of hydrogen-bond acceptors (Lipinski definition) is 2. The maximum Gasteiger partial charge on any atom is 0.159 e.